The summed E-state index contributed by atoms with van der Waals surface area (Å²) in [6, 6.07) is 1.78. The Kier molecular flexibility index (Phi) is 4.05. The van der Waals surface area contributed by atoms with Crippen molar-refractivity contribution in [3.63, 3.8) is 0 Å². The first-order valence-corrected chi connectivity index (χ1v) is 7.31. The Morgan fingerprint density at radius 1 is 1.24 bits per heavy atom. The molecule has 1 aromatic carbocycles. The zero-order valence-corrected chi connectivity index (χ0v) is 13.0. The van der Waals surface area contributed by atoms with Gasteiger partial charge in [0.1, 0.15) is 6.04 Å². The van der Waals surface area contributed by atoms with Crippen molar-refractivity contribution in [2.24, 2.45) is 0 Å². The van der Waals surface area contributed by atoms with E-state index in [2.05, 4.69) is 10.1 Å². The Morgan fingerprint density at radius 3 is 2.56 bits per heavy atom. The van der Waals surface area contributed by atoms with Crippen LogP contribution in [0.25, 0.3) is 0 Å². The molecular weight excluding hydrogens is 345 g/mol. The molecule has 7 nitrogen and oxygen atoms in total. The number of imide groups is 1. The third kappa shape index (κ3) is 3.11. The van der Waals surface area contributed by atoms with Gasteiger partial charge in [0.15, 0.2) is 11.5 Å². The van der Waals surface area contributed by atoms with Crippen molar-refractivity contribution in [3.05, 3.63) is 23.3 Å². The van der Waals surface area contributed by atoms with Crippen LogP contribution in [-0.2, 0) is 16.1 Å². The lowest BCUT2D eigenvalue weighted by atomic mass is 10.0. The molecule has 1 saturated heterocycles. The summed E-state index contributed by atoms with van der Waals surface area (Å²) in [6.45, 7) is -0.0569. The van der Waals surface area contributed by atoms with Crippen LogP contribution < -0.4 is 14.8 Å². The molecule has 3 rings (SSSR count). The van der Waals surface area contributed by atoms with E-state index in [-0.39, 0.29) is 36.3 Å². The molecule has 2 aliphatic rings. The number of halogens is 3. The number of ether oxygens (including phenoxy) is 2. The van der Waals surface area contributed by atoms with Gasteiger partial charge in [0.2, 0.25) is 11.8 Å². The second-order valence-electron chi connectivity index (χ2n) is 5.58. The highest BCUT2D eigenvalue weighted by Crippen LogP contribution is 2.42. The highest BCUT2D eigenvalue weighted by molar-refractivity contribution is 6.06. The van der Waals surface area contributed by atoms with E-state index in [0.29, 0.717) is 0 Å². The summed E-state index contributed by atoms with van der Waals surface area (Å²) in [4.78, 5) is 37.0. The molecule has 0 saturated carbocycles. The molecule has 3 amide bonds. The Bertz CT molecular complexity index is 762. The van der Waals surface area contributed by atoms with Crippen molar-refractivity contribution >= 4 is 17.7 Å². The molecule has 1 unspecified atom stereocenters. The molecule has 0 radical (unpaired) electrons. The van der Waals surface area contributed by atoms with E-state index in [1.807, 2.05) is 0 Å². The summed E-state index contributed by atoms with van der Waals surface area (Å²) in [5, 5.41) is 2.12. The van der Waals surface area contributed by atoms with Gasteiger partial charge in [-0.1, -0.05) is 6.07 Å². The quantitative estimate of drug-likeness (QED) is 0.825. The molecule has 10 heteroatoms. The van der Waals surface area contributed by atoms with Gasteiger partial charge in [-0.2, -0.15) is 0 Å². The van der Waals surface area contributed by atoms with E-state index in [1.165, 1.54) is 12.1 Å². The summed E-state index contributed by atoms with van der Waals surface area (Å²) in [6.07, 6.45) is -4.85. The number of rotatable bonds is 3. The number of hydrogen-bond acceptors (Lipinski definition) is 5. The van der Waals surface area contributed by atoms with Gasteiger partial charge in [0.25, 0.3) is 5.91 Å². The number of benzene rings is 1. The fourth-order valence-electron chi connectivity index (χ4n) is 2.98. The van der Waals surface area contributed by atoms with E-state index in [9.17, 15) is 27.6 Å². The van der Waals surface area contributed by atoms with Gasteiger partial charge in [-0.25, -0.2) is 0 Å². The van der Waals surface area contributed by atoms with Gasteiger partial charge in [0, 0.05) is 13.0 Å². The minimum Gasteiger partial charge on any atom is -0.493 e. The lowest BCUT2D eigenvalue weighted by molar-refractivity contribution is -0.275. The average molecular weight is 358 g/mol. The van der Waals surface area contributed by atoms with Crippen LogP contribution in [0.2, 0.25) is 0 Å². The van der Waals surface area contributed by atoms with Gasteiger partial charge in [-0.3, -0.25) is 19.7 Å². The predicted molar refractivity (Wildman–Crippen MR) is 75.7 cm³/mol. The van der Waals surface area contributed by atoms with E-state index < -0.39 is 35.9 Å². The number of fused-ring (bicyclic) bond motifs is 1. The molecular formula is C15H13F3N2O5. The van der Waals surface area contributed by atoms with Crippen LogP contribution >= 0.6 is 0 Å². The van der Waals surface area contributed by atoms with Crippen molar-refractivity contribution < 1.29 is 37.0 Å². The van der Waals surface area contributed by atoms with E-state index in [1.54, 1.807) is 0 Å². The number of alkyl halides is 3. The fourth-order valence-corrected chi connectivity index (χ4v) is 2.98. The van der Waals surface area contributed by atoms with Gasteiger partial charge in [-0.15, -0.1) is 13.2 Å². The van der Waals surface area contributed by atoms with E-state index in [4.69, 9.17) is 4.74 Å². The second kappa shape index (κ2) is 5.94. The summed E-state index contributed by atoms with van der Waals surface area (Å²) in [5.41, 5.74) is -0.00359. The zero-order valence-electron chi connectivity index (χ0n) is 13.0. The maximum Gasteiger partial charge on any atom is 0.573 e. The molecule has 25 heavy (non-hydrogen) atoms. The van der Waals surface area contributed by atoms with Gasteiger partial charge in [-0.05, 0) is 18.1 Å². The topological polar surface area (TPSA) is 84.9 Å². The van der Waals surface area contributed by atoms with Gasteiger partial charge >= 0.3 is 6.36 Å². The molecule has 2 heterocycles. The molecule has 0 aliphatic carbocycles. The van der Waals surface area contributed by atoms with Crippen LogP contribution in [0.5, 0.6) is 11.5 Å². The fraction of sp³-hybridized carbons (Fsp3) is 0.400. The maximum absolute atomic E-state index is 12.7. The van der Waals surface area contributed by atoms with Crippen LogP contribution in [0.15, 0.2) is 12.1 Å². The lowest BCUT2D eigenvalue weighted by Gasteiger charge is -2.29. The minimum absolute atomic E-state index is 0.0474. The first-order chi connectivity index (χ1) is 11.7. The highest BCUT2D eigenvalue weighted by atomic mass is 19.4. The molecule has 1 fully saturated rings. The number of amides is 3. The van der Waals surface area contributed by atoms with Crippen LogP contribution in [0.1, 0.15) is 28.8 Å². The molecule has 1 atom stereocenters. The monoisotopic (exact) mass is 358 g/mol. The Balaban J connectivity index is 1.97. The van der Waals surface area contributed by atoms with Crippen molar-refractivity contribution in [1.82, 2.24) is 10.2 Å². The van der Waals surface area contributed by atoms with E-state index in [0.717, 1.165) is 12.0 Å². The molecule has 1 N–H and O–H groups in total. The molecule has 2 aliphatic heterocycles. The highest BCUT2D eigenvalue weighted by Gasteiger charge is 2.43. The molecule has 134 valence electrons. The van der Waals surface area contributed by atoms with Crippen LogP contribution in [0, 0.1) is 0 Å². The average Bonchev–Trinajstić information content (AvgIpc) is 2.83. The Hall–Kier alpha value is -2.78. The number of carbonyl (C=O) groups is 3. The first-order valence-electron chi connectivity index (χ1n) is 7.31. The standard InChI is InChI=1S/C15H13F3N2O5/c1-24-9-4-2-7-6-20(8-3-5-10(21)19-13(8)22)14(23)11(7)12(9)25-15(16,17)18/h2,4,8H,3,5-6H2,1H3,(H,19,21,22). The van der Waals surface area contributed by atoms with Crippen molar-refractivity contribution in [1.29, 1.82) is 0 Å². The Labute approximate surface area is 139 Å². The van der Waals surface area contributed by atoms with Crippen molar-refractivity contribution in [2.75, 3.05) is 7.11 Å². The number of carbonyl (C=O) groups excluding carboxylic acids is 3. The summed E-state index contributed by atoms with van der Waals surface area (Å²) in [5.74, 6) is -2.85. The summed E-state index contributed by atoms with van der Waals surface area (Å²) < 4.78 is 47.0. The number of methoxy groups -OCH3 is 1. The summed E-state index contributed by atoms with van der Waals surface area (Å²) in [7, 11) is 1.16. The number of hydrogen-bond donors (Lipinski definition) is 1. The maximum atomic E-state index is 12.7. The SMILES string of the molecule is COc1ccc2c(c1OC(F)(F)F)C(=O)N(C1CCC(=O)NC1=O)C2. The second-order valence-corrected chi connectivity index (χ2v) is 5.58. The number of nitrogens with zero attached hydrogens (tertiary/aromatic N) is 1. The largest absolute Gasteiger partial charge is 0.573 e. The van der Waals surface area contributed by atoms with Crippen molar-refractivity contribution in [3.8, 4) is 11.5 Å². The van der Waals surface area contributed by atoms with Crippen LogP contribution in [0.3, 0.4) is 0 Å². The molecule has 0 aromatic heterocycles. The lowest BCUT2D eigenvalue weighted by Crippen LogP contribution is -2.52. The van der Waals surface area contributed by atoms with Gasteiger partial charge in [0.05, 0.1) is 12.7 Å². The number of nitrogens with one attached hydrogen (secondary N) is 1. The molecule has 0 bridgehead atoms. The summed E-state index contributed by atoms with van der Waals surface area (Å²) >= 11 is 0. The van der Waals surface area contributed by atoms with Gasteiger partial charge < -0.3 is 14.4 Å². The predicted octanol–water partition coefficient (Wildman–Crippen LogP) is 1.35. The van der Waals surface area contributed by atoms with Crippen molar-refractivity contribution in [2.45, 2.75) is 31.8 Å². The molecule has 1 aromatic rings. The molecule has 0 spiro atoms. The van der Waals surface area contributed by atoms with Crippen LogP contribution in [-0.4, -0.2) is 42.1 Å². The zero-order chi connectivity index (χ0) is 18.4. The first kappa shape index (κ1) is 17.1. The Morgan fingerprint density at radius 2 is 1.96 bits per heavy atom. The smallest absolute Gasteiger partial charge is 0.493 e. The number of piperidine rings is 1. The van der Waals surface area contributed by atoms with Crippen LogP contribution in [0.4, 0.5) is 13.2 Å². The minimum atomic E-state index is -5.01. The van der Waals surface area contributed by atoms with E-state index >= 15 is 0 Å². The third-order valence-electron chi connectivity index (χ3n) is 4.05. The normalized spacial score (nSPS) is 20.4. The third-order valence-corrected chi connectivity index (χ3v) is 4.05.